The smallest absolute Gasteiger partial charge is 0.245 e. The highest BCUT2D eigenvalue weighted by Gasteiger charge is 2.40. The SMILES string of the molecule is CC(=O)NCc1cnnn1CC(=O)N1C[C@H](F)C[C@H]1C(=O)N[C@@H](c1ccccc1)c1ccc(C(C)C)cc1. The Balaban J connectivity index is 1.52. The Morgan fingerprint density at radius 3 is 2.34 bits per heavy atom. The van der Waals surface area contributed by atoms with Gasteiger partial charge in [0.25, 0.3) is 0 Å². The molecule has 3 amide bonds. The van der Waals surface area contributed by atoms with Crippen molar-refractivity contribution in [2.75, 3.05) is 6.54 Å². The van der Waals surface area contributed by atoms with Crippen LogP contribution in [0.4, 0.5) is 4.39 Å². The first-order valence-corrected chi connectivity index (χ1v) is 12.7. The average Bonchev–Trinajstić information content (AvgIpc) is 3.52. The van der Waals surface area contributed by atoms with E-state index in [2.05, 4.69) is 34.8 Å². The Morgan fingerprint density at radius 1 is 1.03 bits per heavy atom. The van der Waals surface area contributed by atoms with Crippen molar-refractivity contribution in [1.29, 1.82) is 0 Å². The summed E-state index contributed by atoms with van der Waals surface area (Å²) in [6, 6.07) is 16.2. The van der Waals surface area contributed by atoms with Gasteiger partial charge in [0.1, 0.15) is 18.8 Å². The van der Waals surface area contributed by atoms with Gasteiger partial charge in [0, 0.05) is 13.3 Å². The molecule has 1 fully saturated rings. The van der Waals surface area contributed by atoms with Crippen LogP contribution in [0, 0.1) is 0 Å². The van der Waals surface area contributed by atoms with Gasteiger partial charge in [-0.3, -0.25) is 14.4 Å². The Hall–Kier alpha value is -4.08. The Bertz CT molecular complexity index is 1260. The first kappa shape index (κ1) is 27.0. The van der Waals surface area contributed by atoms with Gasteiger partial charge in [-0.2, -0.15) is 0 Å². The molecule has 1 saturated heterocycles. The van der Waals surface area contributed by atoms with Gasteiger partial charge >= 0.3 is 0 Å². The van der Waals surface area contributed by atoms with Crippen LogP contribution in [0.25, 0.3) is 0 Å². The molecule has 0 unspecified atom stereocenters. The van der Waals surface area contributed by atoms with Crippen molar-refractivity contribution in [2.45, 2.75) is 64.5 Å². The second-order valence-electron chi connectivity index (χ2n) is 9.86. The van der Waals surface area contributed by atoms with Crippen molar-refractivity contribution in [2.24, 2.45) is 0 Å². The highest BCUT2D eigenvalue weighted by Crippen LogP contribution is 2.27. The third-order valence-corrected chi connectivity index (χ3v) is 6.73. The van der Waals surface area contributed by atoms with Crippen LogP contribution in [0.2, 0.25) is 0 Å². The summed E-state index contributed by atoms with van der Waals surface area (Å²) in [6.45, 7) is 5.38. The number of amides is 3. The van der Waals surface area contributed by atoms with E-state index in [1.807, 2.05) is 54.6 Å². The first-order valence-electron chi connectivity index (χ1n) is 12.7. The summed E-state index contributed by atoms with van der Waals surface area (Å²) in [5, 5.41) is 13.4. The number of aromatic nitrogens is 3. The fourth-order valence-electron chi connectivity index (χ4n) is 4.61. The molecule has 0 spiro atoms. The molecular formula is C28H33FN6O3. The molecule has 1 aromatic heterocycles. The molecule has 2 N–H and O–H groups in total. The molecule has 10 heteroatoms. The molecule has 3 atom stereocenters. The van der Waals surface area contributed by atoms with Gasteiger partial charge in [0.05, 0.1) is 31.0 Å². The lowest BCUT2D eigenvalue weighted by Crippen LogP contribution is -2.48. The van der Waals surface area contributed by atoms with Gasteiger partial charge in [-0.05, 0) is 22.6 Å². The zero-order valence-corrected chi connectivity index (χ0v) is 21.8. The van der Waals surface area contributed by atoms with Crippen LogP contribution in [0.1, 0.15) is 61.5 Å². The maximum Gasteiger partial charge on any atom is 0.245 e. The minimum atomic E-state index is -1.32. The number of carbonyl (C=O) groups is 3. The minimum Gasteiger partial charge on any atom is -0.351 e. The van der Waals surface area contributed by atoms with E-state index in [0.29, 0.717) is 11.6 Å². The fraction of sp³-hybridized carbons (Fsp3) is 0.393. The monoisotopic (exact) mass is 520 g/mol. The number of hydrogen-bond donors (Lipinski definition) is 2. The molecule has 1 aliphatic rings. The van der Waals surface area contributed by atoms with Crippen LogP contribution in [-0.4, -0.2) is 56.4 Å². The van der Waals surface area contributed by atoms with E-state index in [1.165, 1.54) is 28.3 Å². The maximum atomic E-state index is 14.6. The second kappa shape index (κ2) is 12.0. The Morgan fingerprint density at radius 2 is 1.68 bits per heavy atom. The number of alkyl halides is 1. The van der Waals surface area contributed by atoms with Crippen molar-refractivity contribution in [3.05, 3.63) is 83.2 Å². The number of nitrogens with zero attached hydrogens (tertiary/aromatic N) is 4. The number of likely N-dealkylation sites (tertiary alicyclic amines) is 1. The number of benzene rings is 2. The quantitative estimate of drug-likeness (QED) is 0.451. The Kier molecular flexibility index (Phi) is 8.50. The lowest BCUT2D eigenvalue weighted by molar-refractivity contribution is -0.139. The van der Waals surface area contributed by atoms with Gasteiger partial charge in [0.15, 0.2) is 0 Å². The van der Waals surface area contributed by atoms with E-state index < -0.39 is 30.1 Å². The van der Waals surface area contributed by atoms with Crippen LogP contribution in [-0.2, 0) is 27.5 Å². The second-order valence-corrected chi connectivity index (χ2v) is 9.86. The van der Waals surface area contributed by atoms with E-state index in [1.54, 1.807) is 0 Å². The van der Waals surface area contributed by atoms with Crippen molar-refractivity contribution in [1.82, 2.24) is 30.5 Å². The highest BCUT2D eigenvalue weighted by atomic mass is 19.1. The molecule has 2 heterocycles. The van der Waals surface area contributed by atoms with E-state index in [4.69, 9.17) is 0 Å². The van der Waals surface area contributed by atoms with E-state index in [-0.39, 0.29) is 32.0 Å². The van der Waals surface area contributed by atoms with E-state index in [0.717, 1.165) is 11.1 Å². The zero-order valence-electron chi connectivity index (χ0n) is 21.8. The standard InChI is InChI=1S/C28H33FN6O3/c1-18(2)20-9-11-22(12-10-20)27(21-7-5-4-6-8-21)32-28(38)25-13-23(29)16-34(25)26(37)17-35-24(15-31-33-35)14-30-19(3)36/h4-12,15,18,23,25,27H,13-14,16-17H2,1-3H3,(H,30,36)(H,32,38)/t23-,25+,27+/m1/s1. The molecule has 0 aliphatic carbocycles. The Labute approximate surface area is 221 Å². The summed E-state index contributed by atoms with van der Waals surface area (Å²) in [6.07, 6.45) is 0.0519. The molecule has 4 rings (SSSR count). The zero-order chi connectivity index (χ0) is 27.2. The van der Waals surface area contributed by atoms with Crippen LogP contribution >= 0.6 is 0 Å². The van der Waals surface area contributed by atoms with E-state index >= 15 is 0 Å². The normalized spacial score (nSPS) is 17.9. The van der Waals surface area contributed by atoms with Crippen molar-refractivity contribution >= 4 is 17.7 Å². The van der Waals surface area contributed by atoms with Crippen LogP contribution in [0.3, 0.4) is 0 Å². The molecule has 0 radical (unpaired) electrons. The van der Waals surface area contributed by atoms with Gasteiger partial charge in [0.2, 0.25) is 17.7 Å². The lowest BCUT2D eigenvalue weighted by atomic mass is 9.95. The number of nitrogens with one attached hydrogen (secondary N) is 2. The van der Waals surface area contributed by atoms with E-state index in [9.17, 15) is 18.8 Å². The number of halogens is 1. The van der Waals surface area contributed by atoms with Gasteiger partial charge in [-0.25, -0.2) is 9.07 Å². The third kappa shape index (κ3) is 6.42. The molecule has 200 valence electrons. The molecule has 0 bridgehead atoms. The summed E-state index contributed by atoms with van der Waals surface area (Å²) < 4.78 is 15.9. The summed E-state index contributed by atoms with van der Waals surface area (Å²) >= 11 is 0. The van der Waals surface area contributed by atoms with Crippen molar-refractivity contribution in [3.8, 4) is 0 Å². The number of rotatable bonds is 9. The summed E-state index contributed by atoms with van der Waals surface area (Å²) in [5.41, 5.74) is 3.49. The molecule has 1 aliphatic heterocycles. The van der Waals surface area contributed by atoms with Gasteiger partial charge < -0.3 is 15.5 Å². The van der Waals surface area contributed by atoms with Crippen LogP contribution in [0.15, 0.2) is 60.8 Å². The largest absolute Gasteiger partial charge is 0.351 e. The first-order chi connectivity index (χ1) is 18.2. The maximum absolute atomic E-state index is 14.6. The molecule has 0 saturated carbocycles. The van der Waals surface area contributed by atoms with Crippen molar-refractivity contribution < 1.29 is 18.8 Å². The minimum absolute atomic E-state index is 0.0819. The van der Waals surface area contributed by atoms with Gasteiger partial charge in [-0.15, -0.1) is 5.10 Å². The van der Waals surface area contributed by atoms with Crippen LogP contribution in [0.5, 0.6) is 0 Å². The molecule has 9 nitrogen and oxygen atoms in total. The fourth-order valence-corrected chi connectivity index (χ4v) is 4.61. The summed E-state index contributed by atoms with van der Waals surface area (Å²) in [7, 11) is 0. The topological polar surface area (TPSA) is 109 Å². The third-order valence-electron chi connectivity index (χ3n) is 6.73. The summed E-state index contributed by atoms with van der Waals surface area (Å²) in [4.78, 5) is 39.2. The average molecular weight is 521 g/mol. The molecule has 3 aromatic rings. The van der Waals surface area contributed by atoms with Gasteiger partial charge in [-0.1, -0.05) is 73.7 Å². The van der Waals surface area contributed by atoms with Crippen molar-refractivity contribution in [3.63, 3.8) is 0 Å². The lowest BCUT2D eigenvalue weighted by Gasteiger charge is -2.27. The predicted octanol–water partition coefficient (Wildman–Crippen LogP) is 2.88. The molecule has 38 heavy (non-hydrogen) atoms. The predicted molar refractivity (Wildman–Crippen MR) is 140 cm³/mol. The number of carbonyl (C=O) groups excluding carboxylic acids is 3. The number of hydrogen-bond acceptors (Lipinski definition) is 5. The molecular weight excluding hydrogens is 487 g/mol. The summed E-state index contributed by atoms with van der Waals surface area (Å²) in [5.74, 6) is -0.723. The van der Waals surface area contributed by atoms with Crippen LogP contribution < -0.4 is 10.6 Å². The highest BCUT2D eigenvalue weighted by molar-refractivity contribution is 5.89. The molecule has 2 aromatic carbocycles.